The van der Waals surface area contributed by atoms with Crippen LogP contribution in [0.4, 0.5) is 5.69 Å². The topological polar surface area (TPSA) is 61.3 Å². The van der Waals surface area contributed by atoms with Crippen molar-refractivity contribution in [3.05, 3.63) is 48.5 Å². The first-order chi connectivity index (χ1) is 9.81. The molecule has 0 saturated heterocycles. The highest BCUT2D eigenvalue weighted by molar-refractivity contribution is 7.99. The van der Waals surface area contributed by atoms with Gasteiger partial charge >= 0.3 is 0 Å². The maximum absolute atomic E-state index is 5.71. The summed E-state index contributed by atoms with van der Waals surface area (Å²) in [5, 5.41) is 0.641. The van der Waals surface area contributed by atoms with Crippen LogP contribution in [0.3, 0.4) is 0 Å². The van der Waals surface area contributed by atoms with Crippen LogP contribution in [0.2, 0.25) is 0 Å². The number of hydrogen-bond acceptors (Lipinski definition) is 5. The second-order valence-corrected chi connectivity index (χ2v) is 5.26. The summed E-state index contributed by atoms with van der Waals surface area (Å²) in [5.74, 6) is 1.65. The second-order valence-electron chi connectivity index (χ2n) is 4.22. The summed E-state index contributed by atoms with van der Waals surface area (Å²) in [6.45, 7) is 0.607. The predicted molar refractivity (Wildman–Crippen MR) is 81.1 cm³/mol. The fourth-order valence-electron chi connectivity index (χ4n) is 1.79. The Morgan fingerprint density at radius 2 is 2.00 bits per heavy atom. The number of fused-ring (bicyclic) bond motifs is 1. The molecule has 0 aliphatic rings. The van der Waals surface area contributed by atoms with E-state index in [-0.39, 0.29) is 0 Å². The predicted octanol–water partition coefficient (Wildman–Crippen LogP) is 3.58. The van der Waals surface area contributed by atoms with Gasteiger partial charge in [-0.2, -0.15) is 0 Å². The van der Waals surface area contributed by atoms with Gasteiger partial charge in [-0.1, -0.05) is 30.0 Å². The van der Waals surface area contributed by atoms with Crippen molar-refractivity contribution < 1.29 is 9.15 Å². The molecule has 3 rings (SSSR count). The maximum atomic E-state index is 5.71. The van der Waals surface area contributed by atoms with Crippen LogP contribution in [0.1, 0.15) is 0 Å². The lowest BCUT2D eigenvalue weighted by Crippen LogP contribution is -1.99. The number of nitrogens with two attached hydrogens (primary N) is 1. The van der Waals surface area contributed by atoms with Crippen LogP contribution >= 0.6 is 11.8 Å². The first-order valence-corrected chi connectivity index (χ1v) is 7.26. The molecule has 0 aliphatic carbocycles. The number of ether oxygens (including phenoxy) is 1. The number of rotatable bonds is 5. The van der Waals surface area contributed by atoms with Gasteiger partial charge < -0.3 is 14.9 Å². The second kappa shape index (κ2) is 5.88. The van der Waals surface area contributed by atoms with Crippen molar-refractivity contribution in [1.29, 1.82) is 0 Å². The number of anilines is 1. The molecule has 5 heteroatoms. The van der Waals surface area contributed by atoms with E-state index in [1.54, 1.807) is 6.07 Å². The lowest BCUT2D eigenvalue weighted by molar-refractivity contribution is 0.343. The van der Waals surface area contributed by atoms with Crippen LogP contribution in [-0.2, 0) is 0 Å². The largest absolute Gasteiger partial charge is 0.493 e. The van der Waals surface area contributed by atoms with Gasteiger partial charge in [0.1, 0.15) is 11.3 Å². The lowest BCUT2D eigenvalue weighted by Gasteiger charge is -2.03. The average Bonchev–Trinajstić information content (AvgIpc) is 2.86. The molecule has 4 nitrogen and oxygen atoms in total. The van der Waals surface area contributed by atoms with Crippen molar-refractivity contribution in [1.82, 2.24) is 4.98 Å². The SMILES string of the molecule is Nc1ccc2oc(SCCOc3ccccc3)nc2c1. The van der Waals surface area contributed by atoms with Crippen molar-refractivity contribution in [3.63, 3.8) is 0 Å². The summed E-state index contributed by atoms with van der Waals surface area (Å²) in [5.41, 5.74) is 7.94. The molecular formula is C15H14N2O2S. The van der Waals surface area contributed by atoms with Crippen LogP contribution < -0.4 is 10.5 Å². The van der Waals surface area contributed by atoms with E-state index in [9.17, 15) is 0 Å². The molecule has 102 valence electrons. The number of hydrogen-bond donors (Lipinski definition) is 1. The van der Waals surface area contributed by atoms with Gasteiger partial charge in [-0.25, -0.2) is 4.98 Å². The van der Waals surface area contributed by atoms with Gasteiger partial charge in [-0.05, 0) is 30.3 Å². The first-order valence-electron chi connectivity index (χ1n) is 6.28. The van der Waals surface area contributed by atoms with E-state index in [0.29, 0.717) is 17.5 Å². The molecule has 0 spiro atoms. The molecule has 0 aliphatic heterocycles. The van der Waals surface area contributed by atoms with Gasteiger partial charge in [-0.15, -0.1) is 0 Å². The highest BCUT2D eigenvalue weighted by Crippen LogP contribution is 2.24. The van der Waals surface area contributed by atoms with Crippen molar-refractivity contribution in [2.75, 3.05) is 18.1 Å². The highest BCUT2D eigenvalue weighted by atomic mass is 32.2. The summed E-state index contributed by atoms with van der Waals surface area (Å²) < 4.78 is 11.2. The van der Waals surface area contributed by atoms with Crippen LogP contribution in [0.25, 0.3) is 11.1 Å². The van der Waals surface area contributed by atoms with Crippen LogP contribution in [0.15, 0.2) is 58.2 Å². The Hall–Kier alpha value is -2.14. The molecule has 0 amide bonds. The molecule has 0 saturated carbocycles. The Balaban J connectivity index is 1.55. The minimum atomic E-state index is 0.607. The number of nitrogen functional groups attached to an aromatic ring is 1. The molecule has 1 heterocycles. The first kappa shape index (κ1) is 12.9. The molecule has 20 heavy (non-hydrogen) atoms. The monoisotopic (exact) mass is 286 g/mol. The Morgan fingerprint density at radius 3 is 2.85 bits per heavy atom. The smallest absolute Gasteiger partial charge is 0.256 e. The van der Waals surface area contributed by atoms with Crippen molar-refractivity contribution in [2.24, 2.45) is 0 Å². The summed E-state index contributed by atoms with van der Waals surface area (Å²) in [7, 11) is 0. The number of nitrogens with zero attached hydrogens (tertiary/aromatic N) is 1. The Kier molecular flexibility index (Phi) is 3.78. The molecule has 1 aromatic heterocycles. The molecule has 2 aromatic carbocycles. The zero-order valence-corrected chi connectivity index (χ0v) is 11.6. The van der Waals surface area contributed by atoms with Gasteiger partial charge in [0.2, 0.25) is 0 Å². The zero-order valence-electron chi connectivity index (χ0n) is 10.8. The van der Waals surface area contributed by atoms with Crippen LogP contribution in [-0.4, -0.2) is 17.3 Å². The molecule has 0 unspecified atom stereocenters. The fraction of sp³-hybridized carbons (Fsp3) is 0.133. The van der Waals surface area contributed by atoms with Crippen LogP contribution in [0, 0.1) is 0 Å². The normalized spacial score (nSPS) is 10.8. The summed E-state index contributed by atoms with van der Waals surface area (Å²) in [6.07, 6.45) is 0. The summed E-state index contributed by atoms with van der Waals surface area (Å²) in [6, 6.07) is 15.2. The minimum Gasteiger partial charge on any atom is -0.493 e. The minimum absolute atomic E-state index is 0.607. The molecule has 0 bridgehead atoms. The van der Waals surface area contributed by atoms with Gasteiger partial charge in [0.05, 0.1) is 6.61 Å². The van der Waals surface area contributed by atoms with Gasteiger partial charge in [0.15, 0.2) is 5.58 Å². The van der Waals surface area contributed by atoms with E-state index in [2.05, 4.69) is 4.98 Å². The number of oxazole rings is 1. The number of benzene rings is 2. The molecule has 0 atom stereocenters. The van der Waals surface area contributed by atoms with Gasteiger partial charge in [0.25, 0.3) is 5.22 Å². The molecule has 0 fully saturated rings. The van der Waals surface area contributed by atoms with E-state index >= 15 is 0 Å². The number of aromatic nitrogens is 1. The van der Waals surface area contributed by atoms with Crippen molar-refractivity contribution in [2.45, 2.75) is 5.22 Å². The zero-order chi connectivity index (χ0) is 13.8. The van der Waals surface area contributed by atoms with E-state index in [0.717, 1.165) is 22.6 Å². The van der Waals surface area contributed by atoms with Gasteiger partial charge in [0, 0.05) is 11.4 Å². The highest BCUT2D eigenvalue weighted by Gasteiger charge is 2.06. The maximum Gasteiger partial charge on any atom is 0.256 e. The van der Waals surface area contributed by atoms with E-state index in [4.69, 9.17) is 14.9 Å². The fourth-order valence-corrected chi connectivity index (χ4v) is 2.44. The third kappa shape index (κ3) is 3.05. The van der Waals surface area contributed by atoms with Gasteiger partial charge in [-0.3, -0.25) is 0 Å². The average molecular weight is 286 g/mol. The lowest BCUT2D eigenvalue weighted by atomic mass is 10.3. The Labute approximate surface area is 120 Å². The van der Waals surface area contributed by atoms with Crippen molar-refractivity contribution in [3.8, 4) is 5.75 Å². The Morgan fingerprint density at radius 1 is 1.15 bits per heavy atom. The molecule has 2 N–H and O–H groups in total. The van der Waals surface area contributed by atoms with E-state index in [1.807, 2.05) is 42.5 Å². The molecular weight excluding hydrogens is 272 g/mol. The standard InChI is InChI=1S/C15H14N2O2S/c16-11-6-7-14-13(10-11)17-15(19-14)20-9-8-18-12-4-2-1-3-5-12/h1-7,10H,8-9,16H2. The third-order valence-electron chi connectivity index (χ3n) is 2.71. The van der Waals surface area contributed by atoms with Crippen molar-refractivity contribution >= 4 is 28.5 Å². The van der Waals surface area contributed by atoms with E-state index < -0.39 is 0 Å². The Bertz CT molecular complexity index is 697. The molecule has 0 radical (unpaired) electrons. The number of para-hydroxylation sites is 1. The molecule has 3 aromatic rings. The quantitative estimate of drug-likeness (QED) is 0.441. The van der Waals surface area contributed by atoms with E-state index in [1.165, 1.54) is 11.8 Å². The summed E-state index contributed by atoms with van der Waals surface area (Å²) >= 11 is 1.53. The summed E-state index contributed by atoms with van der Waals surface area (Å²) in [4.78, 5) is 4.38. The third-order valence-corrected chi connectivity index (χ3v) is 3.51. The van der Waals surface area contributed by atoms with Crippen LogP contribution in [0.5, 0.6) is 5.75 Å². The number of thioether (sulfide) groups is 1.